The lowest BCUT2D eigenvalue weighted by atomic mass is 9.94. The van der Waals surface area contributed by atoms with Crippen molar-refractivity contribution in [3.8, 4) is 28.5 Å². The molecule has 2 aromatic heterocycles. The summed E-state index contributed by atoms with van der Waals surface area (Å²) in [6, 6.07) is 4.30. The highest BCUT2D eigenvalue weighted by atomic mass is 19.4. The second kappa shape index (κ2) is 11.4. The number of carbonyl (C=O) groups is 1. The number of methoxy groups -OCH3 is 1. The van der Waals surface area contributed by atoms with Crippen molar-refractivity contribution in [2.75, 3.05) is 20.3 Å². The maximum atomic E-state index is 13.1. The lowest BCUT2D eigenvalue weighted by Gasteiger charge is -2.17. The second-order valence-corrected chi connectivity index (χ2v) is 8.47. The van der Waals surface area contributed by atoms with E-state index in [1.807, 2.05) is 13.8 Å². The molecular weight excluding hydrogens is 483 g/mol. The van der Waals surface area contributed by atoms with E-state index in [-0.39, 0.29) is 23.6 Å². The van der Waals surface area contributed by atoms with Crippen LogP contribution in [0.25, 0.3) is 22.7 Å². The SMILES string of the molecule is COCCCOc1cc(CCC(C)C)c(-c2cc(=O)c(C(=O)O)c[nH]2)cc1-c1nnc(C(F)(F)F)o1. The first kappa shape index (κ1) is 26.9. The second-order valence-electron chi connectivity index (χ2n) is 8.47. The largest absolute Gasteiger partial charge is 0.493 e. The van der Waals surface area contributed by atoms with Crippen molar-refractivity contribution < 1.29 is 37.0 Å². The molecule has 3 aromatic rings. The van der Waals surface area contributed by atoms with Crippen LogP contribution in [0.15, 0.2) is 33.6 Å². The molecule has 2 N–H and O–H groups in total. The van der Waals surface area contributed by atoms with E-state index in [4.69, 9.17) is 13.9 Å². The summed E-state index contributed by atoms with van der Waals surface area (Å²) in [5.74, 6) is -2.73. The predicted octanol–water partition coefficient (Wildman–Crippen LogP) is 4.81. The topological polar surface area (TPSA) is 128 Å². The molecule has 0 amide bonds. The number of aryl methyl sites for hydroxylation is 1. The van der Waals surface area contributed by atoms with Crippen LogP contribution in [0.4, 0.5) is 13.2 Å². The molecule has 0 aliphatic carbocycles. The first-order chi connectivity index (χ1) is 17.0. The van der Waals surface area contributed by atoms with Crippen LogP contribution in [-0.2, 0) is 17.3 Å². The number of aromatic carboxylic acids is 1. The summed E-state index contributed by atoms with van der Waals surface area (Å²) in [6.45, 7) is 4.71. The standard InChI is InChI=1S/C24H26F3N3O6/c1-13(2)5-6-14-9-20(35-8-4-7-34-3)16(21-29-30-23(36-21)24(25,26)27)10-15(14)18-11-19(31)17(12-28-18)22(32)33/h9-13H,4-8H2,1-3H3,(H,28,31)(H,32,33). The molecular formula is C24H26F3N3O6. The third kappa shape index (κ3) is 6.51. The number of pyridine rings is 1. The van der Waals surface area contributed by atoms with Gasteiger partial charge >= 0.3 is 18.0 Å². The molecule has 9 nitrogen and oxygen atoms in total. The minimum atomic E-state index is -4.83. The fraction of sp³-hybridized carbons (Fsp3) is 0.417. The average molecular weight is 509 g/mol. The Balaban J connectivity index is 2.18. The molecule has 0 spiro atoms. The van der Waals surface area contributed by atoms with Crippen molar-refractivity contribution in [2.24, 2.45) is 5.92 Å². The van der Waals surface area contributed by atoms with E-state index in [1.165, 1.54) is 13.2 Å². The van der Waals surface area contributed by atoms with Gasteiger partial charge in [0.25, 0.3) is 5.89 Å². The van der Waals surface area contributed by atoms with Crippen LogP contribution in [0.1, 0.15) is 48.5 Å². The van der Waals surface area contributed by atoms with Crippen LogP contribution in [0.3, 0.4) is 0 Å². The van der Waals surface area contributed by atoms with Crippen molar-refractivity contribution in [1.82, 2.24) is 15.2 Å². The number of alkyl halides is 3. The molecule has 0 bridgehead atoms. The van der Waals surface area contributed by atoms with E-state index < -0.39 is 34.9 Å². The Morgan fingerprint density at radius 1 is 1.17 bits per heavy atom. The minimum absolute atomic E-state index is 0.0990. The number of halogens is 3. The summed E-state index contributed by atoms with van der Waals surface area (Å²) in [5.41, 5.74) is 0.435. The van der Waals surface area contributed by atoms with Crippen LogP contribution in [-0.4, -0.2) is 46.6 Å². The van der Waals surface area contributed by atoms with Crippen LogP contribution in [0, 0.1) is 5.92 Å². The summed E-state index contributed by atoms with van der Waals surface area (Å²) < 4.78 is 55.1. The molecule has 0 unspecified atom stereocenters. The van der Waals surface area contributed by atoms with Gasteiger partial charge in [0, 0.05) is 43.7 Å². The van der Waals surface area contributed by atoms with Gasteiger partial charge in [-0.25, -0.2) is 4.79 Å². The third-order valence-corrected chi connectivity index (χ3v) is 5.28. The number of ether oxygens (including phenoxy) is 2. The highest BCUT2D eigenvalue weighted by Crippen LogP contribution is 2.38. The molecule has 0 fully saturated rings. The van der Waals surface area contributed by atoms with Crippen LogP contribution in [0.2, 0.25) is 0 Å². The Bertz CT molecular complexity index is 1270. The van der Waals surface area contributed by atoms with Gasteiger partial charge in [0.05, 0.1) is 12.2 Å². The van der Waals surface area contributed by atoms with Gasteiger partial charge in [-0.1, -0.05) is 13.8 Å². The van der Waals surface area contributed by atoms with E-state index in [2.05, 4.69) is 15.2 Å². The first-order valence-electron chi connectivity index (χ1n) is 11.2. The summed E-state index contributed by atoms with van der Waals surface area (Å²) in [7, 11) is 1.54. The molecule has 194 valence electrons. The quantitative estimate of drug-likeness (QED) is 0.353. The van der Waals surface area contributed by atoms with Crippen LogP contribution >= 0.6 is 0 Å². The predicted molar refractivity (Wildman–Crippen MR) is 123 cm³/mol. The zero-order chi connectivity index (χ0) is 26.5. The first-order valence-corrected chi connectivity index (χ1v) is 11.2. The van der Waals surface area contributed by atoms with Crippen LogP contribution in [0.5, 0.6) is 5.75 Å². The Labute approximate surface area is 204 Å². The van der Waals surface area contributed by atoms with Gasteiger partial charge in [-0.15, -0.1) is 10.2 Å². The molecule has 2 heterocycles. The molecule has 0 saturated carbocycles. The van der Waals surface area contributed by atoms with Gasteiger partial charge < -0.3 is 24.0 Å². The third-order valence-electron chi connectivity index (χ3n) is 5.28. The zero-order valence-corrected chi connectivity index (χ0v) is 19.9. The summed E-state index contributed by atoms with van der Waals surface area (Å²) in [4.78, 5) is 26.4. The molecule has 0 atom stereocenters. The molecule has 0 aliphatic rings. The van der Waals surface area contributed by atoms with E-state index in [1.54, 1.807) is 6.07 Å². The van der Waals surface area contributed by atoms with Gasteiger partial charge in [0.2, 0.25) is 0 Å². The van der Waals surface area contributed by atoms with E-state index in [0.29, 0.717) is 30.9 Å². The summed E-state index contributed by atoms with van der Waals surface area (Å²) >= 11 is 0. The normalized spacial score (nSPS) is 11.8. The monoisotopic (exact) mass is 509 g/mol. The Hall–Kier alpha value is -3.67. The number of nitrogens with one attached hydrogen (secondary N) is 1. The lowest BCUT2D eigenvalue weighted by Crippen LogP contribution is -2.14. The minimum Gasteiger partial charge on any atom is -0.493 e. The Kier molecular flexibility index (Phi) is 8.51. The number of carboxylic acids is 1. The van der Waals surface area contributed by atoms with Crippen molar-refractivity contribution in [1.29, 1.82) is 0 Å². The van der Waals surface area contributed by atoms with E-state index in [9.17, 15) is 27.9 Å². The number of H-pyrrole nitrogens is 1. The van der Waals surface area contributed by atoms with E-state index >= 15 is 0 Å². The van der Waals surface area contributed by atoms with Crippen molar-refractivity contribution >= 4 is 5.97 Å². The van der Waals surface area contributed by atoms with Gasteiger partial charge in [-0.3, -0.25) is 4.79 Å². The summed E-state index contributed by atoms with van der Waals surface area (Å²) in [5, 5.41) is 15.8. The van der Waals surface area contributed by atoms with Crippen LogP contribution < -0.4 is 10.2 Å². The lowest BCUT2D eigenvalue weighted by molar-refractivity contribution is -0.156. The zero-order valence-electron chi connectivity index (χ0n) is 19.9. The maximum absolute atomic E-state index is 13.1. The fourth-order valence-electron chi connectivity index (χ4n) is 3.44. The van der Waals surface area contributed by atoms with Gasteiger partial charge in [-0.2, -0.15) is 13.2 Å². The number of aromatic nitrogens is 3. The smallest absolute Gasteiger partial charge is 0.470 e. The highest BCUT2D eigenvalue weighted by molar-refractivity contribution is 5.87. The van der Waals surface area contributed by atoms with Crippen molar-refractivity contribution in [3.63, 3.8) is 0 Å². The number of benzene rings is 1. The van der Waals surface area contributed by atoms with Gasteiger partial charge in [0.15, 0.2) is 5.43 Å². The van der Waals surface area contributed by atoms with E-state index in [0.717, 1.165) is 24.2 Å². The number of hydrogen-bond acceptors (Lipinski definition) is 7. The molecule has 0 radical (unpaired) electrons. The number of aromatic amines is 1. The maximum Gasteiger partial charge on any atom is 0.470 e. The molecule has 3 rings (SSSR count). The number of hydrogen-bond donors (Lipinski definition) is 2. The summed E-state index contributed by atoms with van der Waals surface area (Å²) in [6.07, 6.45) is -1.90. The Morgan fingerprint density at radius 3 is 2.50 bits per heavy atom. The number of nitrogens with zero attached hydrogens (tertiary/aromatic N) is 2. The van der Waals surface area contributed by atoms with Crippen molar-refractivity contribution in [3.05, 3.63) is 51.6 Å². The highest BCUT2D eigenvalue weighted by Gasteiger charge is 2.38. The van der Waals surface area contributed by atoms with Gasteiger partial charge in [-0.05, 0) is 36.5 Å². The average Bonchev–Trinajstić information content (AvgIpc) is 3.31. The molecule has 0 saturated heterocycles. The van der Waals surface area contributed by atoms with Gasteiger partial charge in [0.1, 0.15) is 11.3 Å². The van der Waals surface area contributed by atoms with Crippen molar-refractivity contribution in [2.45, 2.75) is 39.3 Å². The molecule has 0 aliphatic heterocycles. The molecule has 36 heavy (non-hydrogen) atoms. The Morgan fingerprint density at radius 2 is 1.92 bits per heavy atom. The fourth-order valence-corrected chi connectivity index (χ4v) is 3.44. The molecule has 1 aromatic carbocycles. The number of carboxylic acid groups (broad SMARTS) is 1. The molecule has 12 heteroatoms. The number of rotatable bonds is 11.